The number of nitrogens with one attached hydrogen (secondary N) is 1. The van der Waals surface area contributed by atoms with Crippen LogP contribution in [0.1, 0.15) is 13.3 Å². The van der Waals surface area contributed by atoms with Gasteiger partial charge in [0.05, 0.1) is 6.54 Å². The lowest BCUT2D eigenvalue weighted by Gasteiger charge is -2.18. The topological polar surface area (TPSA) is 67.4 Å². The molecule has 1 aliphatic heterocycles. The van der Waals surface area contributed by atoms with Crippen molar-refractivity contribution in [2.45, 2.75) is 31.7 Å². The zero-order chi connectivity index (χ0) is 16.2. The predicted molar refractivity (Wildman–Crippen MR) is 72.7 cm³/mol. The first-order valence-corrected chi connectivity index (χ1v) is 6.87. The second kappa shape index (κ2) is 6.91. The number of carbonyl (C=O) groups is 1. The van der Waals surface area contributed by atoms with E-state index in [1.807, 2.05) is 4.90 Å². The van der Waals surface area contributed by atoms with Gasteiger partial charge >= 0.3 is 6.18 Å². The highest BCUT2D eigenvalue weighted by Gasteiger charge is 2.36. The maximum Gasteiger partial charge on any atom is 0.408 e. The summed E-state index contributed by atoms with van der Waals surface area (Å²) in [5.74, 6) is 0.0786. The van der Waals surface area contributed by atoms with Gasteiger partial charge in [-0.15, -0.1) is 0 Å². The number of alkyl halides is 3. The zero-order valence-electron chi connectivity index (χ0n) is 12.0. The maximum atomic E-state index is 12.5. The van der Waals surface area contributed by atoms with Crippen LogP contribution in [0.25, 0.3) is 0 Å². The summed E-state index contributed by atoms with van der Waals surface area (Å²) in [6, 6.07) is -0.261. The Bertz CT molecular complexity index is 512. The van der Waals surface area contributed by atoms with Crippen molar-refractivity contribution in [2.75, 3.05) is 25.0 Å². The Morgan fingerprint density at radius 2 is 2.36 bits per heavy atom. The monoisotopic (exact) mass is 318 g/mol. The van der Waals surface area contributed by atoms with Crippen molar-refractivity contribution in [3.05, 3.63) is 12.3 Å². The Balaban J connectivity index is 1.93. The van der Waals surface area contributed by atoms with Gasteiger partial charge in [-0.25, -0.2) is 4.98 Å². The smallest absolute Gasteiger partial charge is 0.408 e. The maximum absolute atomic E-state index is 12.5. The van der Waals surface area contributed by atoms with Gasteiger partial charge in [0.1, 0.15) is 18.4 Å². The molecule has 0 aliphatic carbocycles. The summed E-state index contributed by atoms with van der Waals surface area (Å²) < 4.78 is 43.1. The Morgan fingerprint density at radius 3 is 3.05 bits per heavy atom. The van der Waals surface area contributed by atoms with Gasteiger partial charge in [-0.05, 0) is 13.3 Å². The van der Waals surface area contributed by atoms with E-state index in [1.54, 1.807) is 0 Å². The number of hydrogen-bond donors (Lipinski definition) is 1. The molecule has 1 aromatic rings. The number of hydrogen-bond acceptors (Lipinski definition) is 6. The fourth-order valence-electron chi connectivity index (χ4n) is 2.09. The van der Waals surface area contributed by atoms with Crippen LogP contribution in [0.4, 0.5) is 19.1 Å². The molecule has 1 aromatic heterocycles. The Kier molecular flexibility index (Phi) is 5.17. The lowest BCUT2D eigenvalue weighted by atomic mass is 10.3. The Morgan fingerprint density at radius 1 is 1.59 bits per heavy atom. The van der Waals surface area contributed by atoms with E-state index in [9.17, 15) is 18.0 Å². The quantitative estimate of drug-likeness (QED) is 0.802. The van der Waals surface area contributed by atoms with E-state index in [-0.39, 0.29) is 17.9 Å². The van der Waals surface area contributed by atoms with Crippen molar-refractivity contribution in [3.8, 4) is 5.88 Å². The molecule has 0 amide bonds. The van der Waals surface area contributed by atoms with E-state index >= 15 is 0 Å². The average Bonchev–Trinajstić information content (AvgIpc) is 2.86. The number of aldehydes is 1. The van der Waals surface area contributed by atoms with Crippen LogP contribution in [0.2, 0.25) is 0 Å². The fraction of sp³-hybridized carbons (Fsp3) is 0.615. The van der Waals surface area contributed by atoms with E-state index in [0.717, 1.165) is 26.2 Å². The van der Waals surface area contributed by atoms with Crippen LogP contribution in [-0.2, 0) is 4.79 Å². The second-order valence-corrected chi connectivity index (χ2v) is 5.08. The summed E-state index contributed by atoms with van der Waals surface area (Å²) in [7, 11) is 0. The highest BCUT2D eigenvalue weighted by atomic mass is 19.4. The molecule has 2 rings (SSSR count). The standard InChI is InChI=1S/C13H17F3N4O2/c1-9(13(14,15)16)18-12-17-4-2-11(19-12)22-10-3-5-20(8-10)6-7-21/h2,4,7,9-10H,3,5-6,8H2,1H3,(H,17,18,19). The molecule has 0 saturated carbocycles. The van der Waals surface area contributed by atoms with Gasteiger partial charge in [0.15, 0.2) is 0 Å². The summed E-state index contributed by atoms with van der Waals surface area (Å²) >= 11 is 0. The molecular weight excluding hydrogens is 301 g/mol. The molecule has 2 heterocycles. The first-order chi connectivity index (χ1) is 10.4. The van der Waals surface area contributed by atoms with E-state index in [2.05, 4.69) is 15.3 Å². The molecule has 0 bridgehead atoms. The number of anilines is 1. The van der Waals surface area contributed by atoms with Crippen molar-refractivity contribution in [2.24, 2.45) is 0 Å². The van der Waals surface area contributed by atoms with Crippen molar-refractivity contribution in [3.63, 3.8) is 0 Å². The SMILES string of the molecule is CC(Nc1nccc(OC2CCN(CC=O)C2)n1)C(F)(F)F. The number of carbonyl (C=O) groups excluding carboxylic acids is 1. The van der Waals surface area contributed by atoms with Gasteiger partial charge in [0.25, 0.3) is 0 Å². The van der Waals surface area contributed by atoms with E-state index in [4.69, 9.17) is 4.74 Å². The fourth-order valence-corrected chi connectivity index (χ4v) is 2.09. The Labute approximate surface area is 125 Å². The molecule has 9 heteroatoms. The molecule has 22 heavy (non-hydrogen) atoms. The third-order valence-electron chi connectivity index (χ3n) is 3.32. The molecular formula is C13H17F3N4O2. The van der Waals surface area contributed by atoms with Gasteiger partial charge in [-0.1, -0.05) is 0 Å². The molecule has 2 unspecified atom stereocenters. The summed E-state index contributed by atoms with van der Waals surface area (Å²) in [5.41, 5.74) is 0. The summed E-state index contributed by atoms with van der Waals surface area (Å²) in [4.78, 5) is 20.1. The summed E-state index contributed by atoms with van der Waals surface area (Å²) in [6.07, 6.45) is -1.61. The number of rotatable bonds is 6. The lowest BCUT2D eigenvalue weighted by Crippen LogP contribution is -2.33. The van der Waals surface area contributed by atoms with E-state index < -0.39 is 12.2 Å². The molecule has 1 aliphatic rings. The van der Waals surface area contributed by atoms with E-state index in [1.165, 1.54) is 12.3 Å². The molecule has 0 aromatic carbocycles. The van der Waals surface area contributed by atoms with Gasteiger partial charge < -0.3 is 14.8 Å². The first-order valence-electron chi connectivity index (χ1n) is 6.87. The van der Waals surface area contributed by atoms with Gasteiger partial charge in [0.2, 0.25) is 11.8 Å². The number of nitrogens with zero attached hydrogens (tertiary/aromatic N) is 3. The van der Waals surface area contributed by atoms with Gasteiger partial charge in [-0.2, -0.15) is 18.2 Å². The van der Waals surface area contributed by atoms with Crippen molar-refractivity contribution >= 4 is 12.2 Å². The van der Waals surface area contributed by atoms with Crippen molar-refractivity contribution in [1.82, 2.24) is 14.9 Å². The van der Waals surface area contributed by atoms with Gasteiger partial charge in [0, 0.05) is 25.4 Å². The molecule has 122 valence electrons. The van der Waals surface area contributed by atoms with E-state index in [0.29, 0.717) is 13.1 Å². The minimum Gasteiger partial charge on any atom is -0.473 e. The Hall–Kier alpha value is -1.90. The third kappa shape index (κ3) is 4.55. The molecule has 1 N–H and O–H groups in total. The van der Waals surface area contributed by atoms with Gasteiger partial charge in [-0.3, -0.25) is 4.90 Å². The van der Waals surface area contributed by atoms with Crippen LogP contribution >= 0.6 is 0 Å². The van der Waals surface area contributed by atoms with Crippen molar-refractivity contribution < 1.29 is 22.7 Å². The molecule has 2 atom stereocenters. The minimum absolute atomic E-state index is 0.134. The first kappa shape index (κ1) is 16.5. The van der Waals surface area contributed by atoms with Crippen LogP contribution in [-0.4, -0.2) is 59.1 Å². The second-order valence-electron chi connectivity index (χ2n) is 5.08. The van der Waals surface area contributed by atoms with Crippen LogP contribution in [0.3, 0.4) is 0 Å². The van der Waals surface area contributed by atoms with Crippen LogP contribution in [0.5, 0.6) is 5.88 Å². The summed E-state index contributed by atoms with van der Waals surface area (Å²) in [5, 5.41) is 2.19. The highest BCUT2D eigenvalue weighted by Crippen LogP contribution is 2.23. The molecule has 1 saturated heterocycles. The zero-order valence-corrected chi connectivity index (χ0v) is 12.0. The molecule has 6 nitrogen and oxygen atoms in total. The number of ether oxygens (including phenoxy) is 1. The molecule has 1 fully saturated rings. The minimum atomic E-state index is -4.37. The normalized spacial score (nSPS) is 20.6. The molecule has 0 radical (unpaired) electrons. The predicted octanol–water partition coefficient (Wildman–Crippen LogP) is 1.49. The van der Waals surface area contributed by atoms with Crippen LogP contribution < -0.4 is 10.1 Å². The number of likely N-dealkylation sites (tertiary alicyclic amines) is 1. The number of halogens is 3. The van der Waals surface area contributed by atoms with Crippen LogP contribution in [0.15, 0.2) is 12.3 Å². The summed E-state index contributed by atoms with van der Waals surface area (Å²) in [6.45, 7) is 2.67. The number of aromatic nitrogens is 2. The average molecular weight is 318 g/mol. The van der Waals surface area contributed by atoms with Crippen LogP contribution in [0, 0.1) is 0 Å². The highest BCUT2D eigenvalue weighted by molar-refractivity contribution is 5.52. The third-order valence-corrected chi connectivity index (χ3v) is 3.32. The van der Waals surface area contributed by atoms with Crippen molar-refractivity contribution in [1.29, 1.82) is 0 Å². The molecule has 0 spiro atoms. The largest absolute Gasteiger partial charge is 0.473 e. The lowest BCUT2D eigenvalue weighted by molar-refractivity contribution is -0.138.